The van der Waals surface area contributed by atoms with Crippen LogP contribution in [0.3, 0.4) is 0 Å². The zero-order valence-electron chi connectivity index (χ0n) is 16.9. The fraction of sp³-hybridized carbons (Fsp3) is 0.850. The van der Waals surface area contributed by atoms with Crippen molar-refractivity contribution in [3.8, 4) is 0 Å². The molecule has 3 N–H and O–H groups in total. The molecule has 0 aromatic rings. The molecule has 1 saturated heterocycles. The van der Waals surface area contributed by atoms with Crippen molar-refractivity contribution in [1.29, 1.82) is 0 Å². The van der Waals surface area contributed by atoms with Gasteiger partial charge in [-0.1, -0.05) is 26.0 Å². The van der Waals surface area contributed by atoms with E-state index < -0.39 is 47.0 Å². The number of aliphatic hydroxyl groups excluding tert-OH is 3. The Morgan fingerprint density at radius 1 is 1.38 bits per heavy atom. The molecule has 9 unspecified atom stereocenters. The number of ether oxygens (including phenoxy) is 1. The van der Waals surface area contributed by atoms with E-state index in [2.05, 4.69) is 13.5 Å². The Morgan fingerprint density at radius 3 is 2.62 bits per heavy atom. The lowest BCUT2D eigenvalue weighted by molar-refractivity contribution is -0.157. The molecule has 0 aromatic carbocycles. The van der Waals surface area contributed by atoms with Gasteiger partial charge in [0, 0.05) is 5.41 Å². The van der Waals surface area contributed by atoms with Crippen LogP contribution in [0.5, 0.6) is 0 Å². The Balaban J connectivity index is 1.93. The molecule has 0 aromatic heterocycles. The Labute approximate surface area is 173 Å². The largest absolute Gasteiger partial charge is 0.750 e. The molecule has 0 spiro atoms. The summed E-state index contributed by atoms with van der Waals surface area (Å²) in [6, 6.07) is 0. The van der Waals surface area contributed by atoms with Gasteiger partial charge in [-0.05, 0) is 49.4 Å². The van der Waals surface area contributed by atoms with Gasteiger partial charge in [-0.2, -0.15) is 0 Å². The average Bonchev–Trinajstić information content (AvgIpc) is 2.99. The summed E-state index contributed by atoms with van der Waals surface area (Å²) in [6.45, 7) is 7.85. The molecule has 3 fully saturated rings. The number of carbonyl (C=O) groups excluding carboxylic acids is 1. The molecule has 0 radical (unpaired) electrons. The summed E-state index contributed by atoms with van der Waals surface area (Å²) < 4.78 is 32.6. The predicted molar refractivity (Wildman–Crippen MR) is 103 cm³/mol. The fourth-order valence-corrected chi connectivity index (χ4v) is 6.54. The summed E-state index contributed by atoms with van der Waals surface area (Å²) in [7, 11) is 0. The van der Waals surface area contributed by atoms with Crippen molar-refractivity contribution in [1.82, 2.24) is 0 Å². The molecule has 9 heteroatoms. The van der Waals surface area contributed by atoms with E-state index in [0.717, 1.165) is 12.0 Å². The number of allylic oxidation sites excluding steroid dienone is 1. The van der Waals surface area contributed by atoms with Crippen LogP contribution in [0, 0.1) is 28.6 Å². The van der Waals surface area contributed by atoms with Crippen molar-refractivity contribution in [3.05, 3.63) is 12.2 Å². The van der Waals surface area contributed by atoms with Gasteiger partial charge in [0.1, 0.15) is 18.6 Å². The molecule has 1 aliphatic heterocycles. The molecule has 2 aliphatic carbocycles. The minimum Gasteiger partial charge on any atom is -0.750 e. The summed E-state index contributed by atoms with van der Waals surface area (Å²) in [5, 5.41) is 30.9. The third-order valence-corrected chi connectivity index (χ3v) is 8.25. The minimum absolute atomic E-state index is 0.00176. The van der Waals surface area contributed by atoms with Crippen molar-refractivity contribution in [3.63, 3.8) is 0 Å². The predicted octanol–water partition coefficient (Wildman–Crippen LogP) is 0.832. The number of fused-ring (bicyclic) bond motifs is 1. The first-order valence-corrected chi connectivity index (χ1v) is 11.1. The van der Waals surface area contributed by atoms with Crippen LogP contribution in [0.4, 0.5) is 0 Å². The molecule has 3 rings (SSSR count). The second-order valence-electron chi connectivity index (χ2n) is 9.32. The lowest BCUT2D eigenvalue weighted by atomic mass is 9.46. The number of esters is 1. The molecule has 1 heterocycles. The highest BCUT2D eigenvalue weighted by Gasteiger charge is 2.58. The molecule has 166 valence electrons. The van der Waals surface area contributed by atoms with Gasteiger partial charge in [-0.3, -0.25) is 8.98 Å². The van der Waals surface area contributed by atoms with Crippen LogP contribution in [0.2, 0.25) is 0 Å². The van der Waals surface area contributed by atoms with Crippen molar-refractivity contribution >= 4 is 17.3 Å². The van der Waals surface area contributed by atoms with Gasteiger partial charge in [0.15, 0.2) is 0 Å². The Morgan fingerprint density at radius 2 is 2.07 bits per heavy atom. The maximum Gasteiger partial charge on any atom is 0.314 e. The summed E-state index contributed by atoms with van der Waals surface area (Å²) >= 11 is -2.86. The fourth-order valence-electron chi connectivity index (χ4n) is 6.14. The highest BCUT2D eigenvalue weighted by Crippen LogP contribution is 2.62. The van der Waals surface area contributed by atoms with E-state index in [1.54, 1.807) is 0 Å². The van der Waals surface area contributed by atoms with E-state index in [1.807, 2.05) is 6.92 Å². The Bertz CT molecular complexity index is 683. The van der Waals surface area contributed by atoms with Crippen LogP contribution >= 0.6 is 0 Å². The summed E-state index contributed by atoms with van der Waals surface area (Å²) in [5.74, 6) is -1.94. The Kier molecular flexibility index (Phi) is 6.58. The zero-order valence-corrected chi connectivity index (χ0v) is 17.7. The highest BCUT2D eigenvalue weighted by atomic mass is 32.2. The van der Waals surface area contributed by atoms with E-state index in [0.29, 0.717) is 19.3 Å². The van der Waals surface area contributed by atoms with Crippen molar-refractivity contribution in [2.24, 2.45) is 28.6 Å². The van der Waals surface area contributed by atoms with E-state index >= 15 is 0 Å². The van der Waals surface area contributed by atoms with Crippen LogP contribution in [-0.4, -0.2) is 61.6 Å². The zero-order chi connectivity index (χ0) is 21.6. The van der Waals surface area contributed by atoms with Crippen molar-refractivity contribution in [2.75, 3.05) is 13.2 Å². The van der Waals surface area contributed by atoms with Gasteiger partial charge in [-0.25, -0.2) is 4.21 Å². The minimum atomic E-state index is -2.86. The van der Waals surface area contributed by atoms with Gasteiger partial charge in [0.05, 0.1) is 30.2 Å². The summed E-state index contributed by atoms with van der Waals surface area (Å²) in [4.78, 5) is 12.1. The first kappa shape index (κ1) is 22.8. The van der Waals surface area contributed by atoms with Gasteiger partial charge in [0.2, 0.25) is 0 Å². The SMILES string of the molecule is C=C1CCC2C(C)(CO)C(O)CCC2(C)C1CC(OS(=O)[O-])C1C(=O)OCC1O. The van der Waals surface area contributed by atoms with Crippen LogP contribution in [0.25, 0.3) is 0 Å². The van der Waals surface area contributed by atoms with Crippen LogP contribution in [-0.2, 0) is 25.1 Å². The lowest BCUT2D eigenvalue weighted by Crippen LogP contribution is -2.58. The maximum atomic E-state index is 12.1. The number of rotatable bonds is 6. The molecule has 2 saturated carbocycles. The van der Waals surface area contributed by atoms with Crippen LogP contribution in [0.1, 0.15) is 46.0 Å². The standard InChI is InChI=1S/C20H32O8S/c1-11-4-5-15-19(2,7-6-16(23)20(15,3)10-21)12(11)8-14(28-29(25)26)17-13(22)9-27-18(17)24/h12-17,21-23H,1,4-10H2,2-3H3,(H,25,26)/p-1. The Hall–Kier alpha value is -0.840. The highest BCUT2D eigenvalue weighted by molar-refractivity contribution is 7.74. The molecular formula is C20H31O8S-. The average molecular weight is 432 g/mol. The quantitative estimate of drug-likeness (QED) is 0.320. The first-order valence-electron chi connectivity index (χ1n) is 10.1. The van der Waals surface area contributed by atoms with E-state index in [-0.39, 0.29) is 36.9 Å². The third-order valence-electron chi connectivity index (χ3n) is 7.85. The number of carbonyl (C=O) groups is 1. The van der Waals surface area contributed by atoms with Crippen molar-refractivity contribution < 1.29 is 37.8 Å². The molecule has 0 bridgehead atoms. The maximum absolute atomic E-state index is 12.1. The lowest BCUT2D eigenvalue weighted by Gasteiger charge is -2.60. The van der Waals surface area contributed by atoms with E-state index in [4.69, 9.17) is 8.92 Å². The summed E-state index contributed by atoms with van der Waals surface area (Å²) in [6.07, 6.45) is 0.0178. The smallest absolute Gasteiger partial charge is 0.314 e. The molecular weight excluding hydrogens is 400 g/mol. The van der Waals surface area contributed by atoms with Gasteiger partial charge >= 0.3 is 5.97 Å². The number of aliphatic hydroxyl groups is 3. The normalized spacial score (nSPS) is 44.8. The number of hydrogen-bond donors (Lipinski definition) is 3. The third kappa shape index (κ3) is 3.93. The molecule has 29 heavy (non-hydrogen) atoms. The van der Waals surface area contributed by atoms with Gasteiger partial charge < -0.3 is 24.6 Å². The molecule has 9 atom stereocenters. The van der Waals surface area contributed by atoms with Gasteiger partial charge in [-0.15, -0.1) is 0 Å². The second kappa shape index (κ2) is 8.36. The van der Waals surface area contributed by atoms with Crippen LogP contribution < -0.4 is 0 Å². The summed E-state index contributed by atoms with van der Waals surface area (Å²) in [5.41, 5.74) is -0.0902. The topological polar surface area (TPSA) is 136 Å². The number of cyclic esters (lactones) is 1. The first-order chi connectivity index (χ1) is 13.5. The molecule has 8 nitrogen and oxygen atoms in total. The van der Waals surface area contributed by atoms with E-state index in [1.165, 1.54) is 0 Å². The van der Waals surface area contributed by atoms with Crippen molar-refractivity contribution in [2.45, 2.75) is 64.3 Å². The van der Waals surface area contributed by atoms with Crippen LogP contribution in [0.15, 0.2) is 12.2 Å². The molecule has 0 amide bonds. The van der Waals surface area contributed by atoms with E-state index in [9.17, 15) is 28.9 Å². The molecule has 3 aliphatic rings. The van der Waals surface area contributed by atoms with Gasteiger partial charge in [0.25, 0.3) is 0 Å². The second-order valence-corrected chi connectivity index (χ2v) is 9.92. The monoisotopic (exact) mass is 431 g/mol. The number of hydrogen-bond acceptors (Lipinski definition) is 8.